The maximum absolute atomic E-state index is 11.6. The van der Waals surface area contributed by atoms with Crippen LogP contribution in [0.1, 0.15) is 42.1 Å². The fourth-order valence-corrected chi connectivity index (χ4v) is 2.31. The number of aromatic nitrogens is 1. The van der Waals surface area contributed by atoms with Crippen LogP contribution < -0.4 is 4.90 Å². The molecule has 0 unspecified atom stereocenters. The zero-order valence-electron chi connectivity index (χ0n) is 10.9. The lowest BCUT2D eigenvalue weighted by atomic mass is 10.3. The zero-order chi connectivity index (χ0) is 12.8. The molecule has 5 heteroatoms. The summed E-state index contributed by atoms with van der Waals surface area (Å²) in [6.07, 6.45) is 2.28. The summed E-state index contributed by atoms with van der Waals surface area (Å²) >= 11 is 1.54. The van der Waals surface area contributed by atoms with Crippen LogP contribution in [-0.4, -0.2) is 31.2 Å². The third-order valence-corrected chi connectivity index (χ3v) is 3.51. The largest absolute Gasteiger partial charge is 0.461 e. The van der Waals surface area contributed by atoms with Gasteiger partial charge in [-0.15, -0.1) is 11.3 Å². The monoisotopic (exact) mass is 256 g/mol. The SMILES string of the molecule is CCCCN(C)c1nc(C(=O)OCC)c(C)s1. The van der Waals surface area contributed by atoms with Crippen molar-refractivity contribution in [1.82, 2.24) is 4.98 Å². The van der Waals surface area contributed by atoms with Crippen LogP contribution >= 0.6 is 11.3 Å². The molecule has 0 fully saturated rings. The van der Waals surface area contributed by atoms with Gasteiger partial charge in [-0.05, 0) is 20.3 Å². The van der Waals surface area contributed by atoms with Gasteiger partial charge in [0.1, 0.15) is 0 Å². The van der Waals surface area contributed by atoms with Crippen molar-refractivity contribution in [2.24, 2.45) is 0 Å². The summed E-state index contributed by atoms with van der Waals surface area (Å²) in [4.78, 5) is 19.0. The topological polar surface area (TPSA) is 42.4 Å². The van der Waals surface area contributed by atoms with E-state index in [1.165, 1.54) is 0 Å². The standard InChI is InChI=1S/C12H20N2O2S/c1-5-7-8-14(4)12-13-10(9(3)17-12)11(15)16-6-2/h5-8H2,1-4H3. The number of esters is 1. The Hall–Kier alpha value is -1.10. The van der Waals surface area contributed by atoms with E-state index in [1.54, 1.807) is 18.3 Å². The summed E-state index contributed by atoms with van der Waals surface area (Å²) in [6.45, 7) is 7.21. The van der Waals surface area contributed by atoms with Crippen LogP contribution in [-0.2, 0) is 4.74 Å². The lowest BCUT2D eigenvalue weighted by Crippen LogP contribution is -2.18. The second-order valence-corrected chi connectivity index (χ2v) is 5.08. The Morgan fingerprint density at radius 2 is 2.18 bits per heavy atom. The number of ether oxygens (including phenoxy) is 1. The Balaban J connectivity index is 2.76. The number of nitrogens with zero attached hydrogens (tertiary/aromatic N) is 2. The molecule has 4 nitrogen and oxygen atoms in total. The fourth-order valence-electron chi connectivity index (χ4n) is 1.43. The molecule has 17 heavy (non-hydrogen) atoms. The molecule has 0 spiro atoms. The van der Waals surface area contributed by atoms with Gasteiger partial charge >= 0.3 is 5.97 Å². The van der Waals surface area contributed by atoms with Crippen LogP contribution in [0.4, 0.5) is 5.13 Å². The highest BCUT2D eigenvalue weighted by Crippen LogP contribution is 2.25. The number of unbranched alkanes of at least 4 members (excludes halogenated alkanes) is 1. The van der Waals surface area contributed by atoms with Crippen molar-refractivity contribution >= 4 is 22.4 Å². The van der Waals surface area contributed by atoms with Crippen LogP contribution in [0, 0.1) is 6.92 Å². The zero-order valence-corrected chi connectivity index (χ0v) is 11.8. The highest BCUT2D eigenvalue weighted by Gasteiger charge is 2.17. The van der Waals surface area contributed by atoms with Gasteiger partial charge in [-0.2, -0.15) is 0 Å². The Kier molecular flexibility index (Phi) is 5.41. The highest BCUT2D eigenvalue weighted by molar-refractivity contribution is 7.15. The number of hydrogen-bond donors (Lipinski definition) is 0. The van der Waals surface area contributed by atoms with E-state index in [0.29, 0.717) is 12.3 Å². The second-order valence-electron chi connectivity index (χ2n) is 3.90. The highest BCUT2D eigenvalue weighted by atomic mass is 32.1. The van der Waals surface area contributed by atoms with Crippen molar-refractivity contribution in [1.29, 1.82) is 0 Å². The van der Waals surface area contributed by atoms with Gasteiger partial charge in [-0.3, -0.25) is 0 Å². The first-order valence-corrected chi connectivity index (χ1v) is 6.77. The van der Waals surface area contributed by atoms with Crippen LogP contribution in [0.25, 0.3) is 0 Å². The van der Waals surface area contributed by atoms with E-state index in [0.717, 1.165) is 29.4 Å². The quantitative estimate of drug-likeness (QED) is 0.734. The van der Waals surface area contributed by atoms with E-state index in [-0.39, 0.29) is 5.97 Å². The van der Waals surface area contributed by atoms with Crippen LogP contribution in [0.15, 0.2) is 0 Å². The third kappa shape index (κ3) is 3.70. The molecular formula is C12H20N2O2S. The molecule has 0 aromatic carbocycles. The molecule has 0 N–H and O–H groups in total. The summed E-state index contributed by atoms with van der Waals surface area (Å²) in [5.74, 6) is -0.323. The molecule has 0 atom stereocenters. The van der Waals surface area contributed by atoms with E-state index in [9.17, 15) is 4.79 Å². The predicted molar refractivity (Wildman–Crippen MR) is 71.0 cm³/mol. The van der Waals surface area contributed by atoms with E-state index >= 15 is 0 Å². The minimum Gasteiger partial charge on any atom is -0.461 e. The second kappa shape index (κ2) is 6.59. The van der Waals surface area contributed by atoms with Crippen molar-refractivity contribution in [2.45, 2.75) is 33.6 Å². The average molecular weight is 256 g/mol. The lowest BCUT2D eigenvalue weighted by molar-refractivity contribution is 0.0519. The van der Waals surface area contributed by atoms with Gasteiger partial charge < -0.3 is 9.64 Å². The molecule has 1 heterocycles. The normalized spacial score (nSPS) is 10.4. The first-order valence-electron chi connectivity index (χ1n) is 5.95. The van der Waals surface area contributed by atoms with Gasteiger partial charge in [0, 0.05) is 18.5 Å². The average Bonchev–Trinajstić information content (AvgIpc) is 2.68. The maximum Gasteiger partial charge on any atom is 0.358 e. The fraction of sp³-hybridized carbons (Fsp3) is 0.667. The summed E-state index contributed by atoms with van der Waals surface area (Å²) in [5.41, 5.74) is 0.454. The Morgan fingerprint density at radius 1 is 1.47 bits per heavy atom. The number of thiazole rings is 1. The van der Waals surface area contributed by atoms with Crippen molar-refractivity contribution in [3.05, 3.63) is 10.6 Å². The molecule has 1 aromatic heterocycles. The molecular weight excluding hydrogens is 236 g/mol. The van der Waals surface area contributed by atoms with E-state index in [1.807, 2.05) is 14.0 Å². The molecule has 0 bridgehead atoms. The predicted octanol–water partition coefficient (Wildman–Crippen LogP) is 2.86. The van der Waals surface area contributed by atoms with Gasteiger partial charge in [0.2, 0.25) is 0 Å². The number of anilines is 1. The molecule has 0 aliphatic heterocycles. The molecule has 0 amide bonds. The molecule has 96 valence electrons. The van der Waals surface area contributed by atoms with Crippen molar-refractivity contribution in [2.75, 3.05) is 25.1 Å². The number of aryl methyl sites for hydroxylation is 1. The van der Waals surface area contributed by atoms with Crippen molar-refractivity contribution in [3.63, 3.8) is 0 Å². The molecule has 1 rings (SSSR count). The maximum atomic E-state index is 11.6. The number of rotatable bonds is 6. The van der Waals surface area contributed by atoms with Gasteiger partial charge in [0.05, 0.1) is 6.61 Å². The first-order chi connectivity index (χ1) is 8.10. The van der Waals surface area contributed by atoms with E-state index in [4.69, 9.17) is 4.74 Å². The third-order valence-electron chi connectivity index (χ3n) is 2.43. The minimum absolute atomic E-state index is 0.323. The Morgan fingerprint density at radius 3 is 2.76 bits per heavy atom. The molecule has 0 aliphatic carbocycles. The summed E-state index contributed by atoms with van der Waals surface area (Å²) in [6, 6.07) is 0. The molecule has 0 saturated carbocycles. The summed E-state index contributed by atoms with van der Waals surface area (Å²) < 4.78 is 4.97. The Bertz CT molecular complexity index is 377. The van der Waals surface area contributed by atoms with Gasteiger partial charge in [0.25, 0.3) is 0 Å². The van der Waals surface area contributed by atoms with E-state index < -0.39 is 0 Å². The van der Waals surface area contributed by atoms with Gasteiger partial charge in [-0.1, -0.05) is 13.3 Å². The van der Waals surface area contributed by atoms with Gasteiger partial charge in [0.15, 0.2) is 10.8 Å². The molecule has 0 radical (unpaired) electrons. The smallest absolute Gasteiger partial charge is 0.358 e. The number of carbonyl (C=O) groups excluding carboxylic acids is 1. The van der Waals surface area contributed by atoms with E-state index in [2.05, 4.69) is 16.8 Å². The summed E-state index contributed by atoms with van der Waals surface area (Å²) in [7, 11) is 2.00. The lowest BCUT2D eigenvalue weighted by Gasteiger charge is -2.14. The van der Waals surface area contributed by atoms with Crippen LogP contribution in [0.5, 0.6) is 0 Å². The van der Waals surface area contributed by atoms with Crippen LogP contribution in [0.3, 0.4) is 0 Å². The summed E-state index contributed by atoms with van der Waals surface area (Å²) in [5, 5.41) is 0.888. The molecule has 0 aliphatic rings. The first kappa shape index (κ1) is 14.0. The van der Waals surface area contributed by atoms with Crippen molar-refractivity contribution < 1.29 is 9.53 Å². The van der Waals surface area contributed by atoms with Crippen molar-refractivity contribution in [3.8, 4) is 0 Å². The van der Waals surface area contributed by atoms with Gasteiger partial charge in [-0.25, -0.2) is 9.78 Å². The molecule has 0 saturated heterocycles. The Labute approximate surface area is 107 Å². The number of carbonyl (C=O) groups is 1. The molecule has 1 aromatic rings. The van der Waals surface area contributed by atoms with Crippen LogP contribution in [0.2, 0.25) is 0 Å². The minimum atomic E-state index is -0.323. The number of hydrogen-bond acceptors (Lipinski definition) is 5.